The fourth-order valence-electron chi connectivity index (χ4n) is 1.99. The molecule has 0 radical (unpaired) electrons. The lowest BCUT2D eigenvalue weighted by atomic mass is 10.0. The number of likely N-dealkylation sites (N-methyl/N-ethyl adjacent to an activating group) is 1. The van der Waals surface area contributed by atoms with Gasteiger partial charge in [0, 0.05) is 9.77 Å². The van der Waals surface area contributed by atoms with Gasteiger partial charge in [0.25, 0.3) is 0 Å². The Morgan fingerprint density at radius 2 is 1.81 bits per heavy atom. The molecule has 1 N–H and O–H groups in total. The molecule has 2 aromatic rings. The van der Waals surface area contributed by atoms with Gasteiger partial charge >= 0.3 is 6.18 Å². The van der Waals surface area contributed by atoms with Gasteiger partial charge in [0.1, 0.15) is 0 Å². The Morgan fingerprint density at radius 3 is 2.29 bits per heavy atom. The van der Waals surface area contributed by atoms with Crippen molar-refractivity contribution in [3.8, 4) is 0 Å². The highest BCUT2D eigenvalue weighted by Crippen LogP contribution is 2.29. The van der Waals surface area contributed by atoms with Crippen molar-refractivity contribution >= 4 is 22.6 Å². The van der Waals surface area contributed by atoms with E-state index in [0.29, 0.717) is 12.1 Å². The van der Waals surface area contributed by atoms with Crippen LogP contribution in [0.4, 0.5) is 13.2 Å². The summed E-state index contributed by atoms with van der Waals surface area (Å²) in [5.74, 6) is 0. The highest BCUT2D eigenvalue weighted by Gasteiger charge is 2.30. The van der Waals surface area contributed by atoms with Crippen LogP contribution in [0.3, 0.4) is 0 Å². The van der Waals surface area contributed by atoms with Crippen LogP contribution >= 0.6 is 22.6 Å². The van der Waals surface area contributed by atoms with E-state index in [2.05, 4.69) is 32.9 Å². The first-order valence-electron chi connectivity index (χ1n) is 6.35. The number of benzene rings is 1. The van der Waals surface area contributed by atoms with Crippen LogP contribution in [0.25, 0.3) is 0 Å². The molecule has 0 aliphatic carbocycles. The predicted molar refractivity (Wildman–Crippen MR) is 83.9 cm³/mol. The van der Waals surface area contributed by atoms with Gasteiger partial charge in [-0.3, -0.25) is 4.98 Å². The second kappa shape index (κ2) is 6.74. The Morgan fingerprint density at radius 1 is 1.14 bits per heavy atom. The van der Waals surface area contributed by atoms with Gasteiger partial charge in [-0.2, -0.15) is 13.2 Å². The summed E-state index contributed by atoms with van der Waals surface area (Å²) in [7, 11) is 1.77. The summed E-state index contributed by atoms with van der Waals surface area (Å²) < 4.78 is 38.7. The summed E-state index contributed by atoms with van der Waals surface area (Å²) in [5.41, 5.74) is 0.982. The van der Waals surface area contributed by atoms with E-state index in [-0.39, 0.29) is 6.04 Å². The molecule has 21 heavy (non-hydrogen) atoms. The molecule has 112 valence electrons. The lowest BCUT2D eigenvalue weighted by molar-refractivity contribution is -0.137. The van der Waals surface area contributed by atoms with Crippen molar-refractivity contribution in [2.45, 2.75) is 18.6 Å². The first kappa shape index (κ1) is 16.2. The van der Waals surface area contributed by atoms with Gasteiger partial charge in [0.15, 0.2) is 0 Å². The molecule has 1 unspecified atom stereocenters. The van der Waals surface area contributed by atoms with Gasteiger partial charge in [-0.25, -0.2) is 0 Å². The normalized spacial score (nSPS) is 13.2. The molecule has 6 heteroatoms. The molecule has 0 bridgehead atoms. The van der Waals surface area contributed by atoms with E-state index in [9.17, 15) is 13.2 Å². The van der Waals surface area contributed by atoms with Crippen molar-refractivity contribution in [3.05, 3.63) is 63.0 Å². The monoisotopic (exact) mass is 406 g/mol. The maximum Gasteiger partial charge on any atom is 0.417 e. The summed E-state index contributed by atoms with van der Waals surface area (Å²) in [6, 6.07) is 10.4. The minimum absolute atomic E-state index is 0.118. The molecule has 1 aromatic carbocycles. The van der Waals surface area contributed by atoms with Crippen LogP contribution in [0.15, 0.2) is 42.6 Å². The van der Waals surface area contributed by atoms with Gasteiger partial charge in [0.05, 0.1) is 17.3 Å². The fraction of sp³-hybridized carbons (Fsp3) is 0.267. The highest BCUT2D eigenvalue weighted by molar-refractivity contribution is 14.1. The first-order valence-corrected chi connectivity index (χ1v) is 7.43. The summed E-state index contributed by atoms with van der Waals surface area (Å²) >= 11 is 2.23. The zero-order valence-electron chi connectivity index (χ0n) is 11.3. The summed E-state index contributed by atoms with van der Waals surface area (Å²) in [6.07, 6.45) is -2.80. The first-order chi connectivity index (χ1) is 9.90. The number of nitrogens with one attached hydrogen (secondary N) is 1. The van der Waals surface area contributed by atoms with Crippen LogP contribution < -0.4 is 5.32 Å². The van der Waals surface area contributed by atoms with Gasteiger partial charge < -0.3 is 5.32 Å². The standard InChI is InChI=1S/C15H14F3IN2/c1-20-14(8-10-2-5-12(19)6-3-10)13-7-4-11(9-21-13)15(16,17)18/h2-7,9,14,20H,8H2,1H3. The molecular weight excluding hydrogens is 392 g/mol. The molecule has 0 spiro atoms. The molecule has 0 aliphatic heterocycles. The van der Waals surface area contributed by atoms with Crippen molar-refractivity contribution in [1.82, 2.24) is 10.3 Å². The van der Waals surface area contributed by atoms with E-state index in [1.54, 1.807) is 7.05 Å². The Labute approximate surface area is 134 Å². The quantitative estimate of drug-likeness (QED) is 0.770. The second-order valence-electron chi connectivity index (χ2n) is 4.64. The number of aromatic nitrogens is 1. The van der Waals surface area contributed by atoms with E-state index < -0.39 is 11.7 Å². The number of alkyl halides is 3. The third-order valence-corrected chi connectivity index (χ3v) is 3.89. The van der Waals surface area contributed by atoms with Gasteiger partial charge in [0.2, 0.25) is 0 Å². The van der Waals surface area contributed by atoms with Crippen molar-refractivity contribution in [2.75, 3.05) is 7.05 Å². The topological polar surface area (TPSA) is 24.9 Å². The molecule has 2 nitrogen and oxygen atoms in total. The molecule has 0 saturated heterocycles. The zero-order valence-corrected chi connectivity index (χ0v) is 13.4. The minimum Gasteiger partial charge on any atom is -0.311 e. The number of nitrogens with zero attached hydrogens (tertiary/aromatic N) is 1. The molecule has 1 aromatic heterocycles. The van der Waals surface area contributed by atoms with Gasteiger partial charge in [-0.1, -0.05) is 12.1 Å². The SMILES string of the molecule is CNC(Cc1ccc(I)cc1)c1ccc(C(F)(F)F)cn1. The van der Waals surface area contributed by atoms with Crippen molar-refractivity contribution in [1.29, 1.82) is 0 Å². The molecule has 0 fully saturated rings. The highest BCUT2D eigenvalue weighted by atomic mass is 127. The van der Waals surface area contributed by atoms with Crippen LogP contribution in [0.1, 0.15) is 22.9 Å². The molecule has 0 aliphatic rings. The number of hydrogen-bond acceptors (Lipinski definition) is 2. The van der Waals surface area contributed by atoms with Crippen LogP contribution in [0.5, 0.6) is 0 Å². The van der Waals surface area contributed by atoms with Gasteiger partial charge in [-0.15, -0.1) is 0 Å². The number of halogens is 4. The molecule has 1 heterocycles. The van der Waals surface area contributed by atoms with Crippen LogP contribution in [-0.4, -0.2) is 12.0 Å². The van der Waals surface area contributed by atoms with Crippen molar-refractivity contribution in [2.24, 2.45) is 0 Å². The summed E-state index contributed by atoms with van der Waals surface area (Å²) in [4.78, 5) is 3.95. The fourth-order valence-corrected chi connectivity index (χ4v) is 2.35. The second-order valence-corrected chi connectivity index (χ2v) is 5.89. The van der Waals surface area contributed by atoms with Crippen LogP contribution in [0.2, 0.25) is 0 Å². The Bertz CT molecular complexity index is 579. The average Bonchev–Trinajstić information content (AvgIpc) is 2.46. The van der Waals surface area contributed by atoms with Gasteiger partial charge in [-0.05, 0) is 65.9 Å². The van der Waals surface area contributed by atoms with E-state index >= 15 is 0 Å². The Kier molecular flexibility index (Phi) is 5.21. The van der Waals surface area contributed by atoms with Crippen molar-refractivity contribution < 1.29 is 13.2 Å². The molecule has 0 saturated carbocycles. The van der Waals surface area contributed by atoms with E-state index in [0.717, 1.165) is 21.4 Å². The van der Waals surface area contributed by atoms with E-state index in [4.69, 9.17) is 0 Å². The third kappa shape index (κ3) is 4.41. The van der Waals surface area contributed by atoms with Crippen molar-refractivity contribution in [3.63, 3.8) is 0 Å². The minimum atomic E-state index is -4.35. The van der Waals surface area contributed by atoms with Crippen LogP contribution in [-0.2, 0) is 12.6 Å². The number of rotatable bonds is 4. The Hall–Kier alpha value is -1.15. The number of hydrogen-bond donors (Lipinski definition) is 1. The van der Waals surface area contributed by atoms with E-state index in [1.165, 1.54) is 6.07 Å². The zero-order chi connectivity index (χ0) is 15.5. The number of pyridine rings is 1. The maximum absolute atomic E-state index is 12.5. The molecule has 2 rings (SSSR count). The molecular formula is C15H14F3IN2. The lowest BCUT2D eigenvalue weighted by Crippen LogP contribution is -2.20. The molecule has 0 amide bonds. The van der Waals surface area contributed by atoms with Crippen LogP contribution in [0, 0.1) is 3.57 Å². The predicted octanol–water partition coefficient (Wildman–Crippen LogP) is 4.21. The smallest absolute Gasteiger partial charge is 0.311 e. The largest absolute Gasteiger partial charge is 0.417 e. The summed E-state index contributed by atoms with van der Waals surface area (Å²) in [6.45, 7) is 0. The summed E-state index contributed by atoms with van der Waals surface area (Å²) in [5, 5.41) is 3.09. The van der Waals surface area contributed by atoms with E-state index in [1.807, 2.05) is 24.3 Å². The lowest BCUT2D eigenvalue weighted by Gasteiger charge is -2.16. The maximum atomic E-state index is 12.5. The molecule has 1 atom stereocenters. The Balaban J connectivity index is 2.15. The average molecular weight is 406 g/mol. The third-order valence-electron chi connectivity index (χ3n) is 3.17.